The van der Waals surface area contributed by atoms with Gasteiger partial charge in [0.25, 0.3) is 0 Å². The first-order valence-electron chi connectivity index (χ1n) is 12.2. The highest BCUT2D eigenvalue weighted by molar-refractivity contribution is 5.85. The van der Waals surface area contributed by atoms with E-state index in [0.29, 0.717) is 11.5 Å². The number of nitrogens with one attached hydrogen (secondary N) is 2. The quantitative estimate of drug-likeness (QED) is 0.460. The number of aliphatic hydroxyl groups excluding tert-OH is 1. The molecule has 1 saturated heterocycles. The van der Waals surface area contributed by atoms with Gasteiger partial charge in [0.15, 0.2) is 0 Å². The van der Waals surface area contributed by atoms with E-state index in [2.05, 4.69) is 45.5 Å². The zero-order valence-corrected chi connectivity index (χ0v) is 20.0. The Labute approximate surface area is 196 Å². The van der Waals surface area contributed by atoms with E-state index in [9.17, 15) is 5.11 Å². The first kappa shape index (κ1) is 22.2. The topological polar surface area (TPSA) is 71.3 Å². The molecule has 1 aliphatic carbocycles. The summed E-state index contributed by atoms with van der Waals surface area (Å²) in [6.45, 7) is 4.16. The highest BCUT2D eigenvalue weighted by Gasteiger charge is 2.49. The van der Waals surface area contributed by atoms with Crippen molar-refractivity contribution >= 4 is 16.7 Å². The Bertz CT molecular complexity index is 1120. The smallest absolute Gasteiger partial charge is 0.119 e. The summed E-state index contributed by atoms with van der Waals surface area (Å²) in [6, 6.07) is 13.3. The minimum absolute atomic E-state index is 0.322. The van der Waals surface area contributed by atoms with Crippen molar-refractivity contribution in [3.05, 3.63) is 53.3 Å². The third-order valence-corrected chi connectivity index (χ3v) is 7.60. The van der Waals surface area contributed by atoms with Crippen molar-refractivity contribution in [3.63, 3.8) is 0 Å². The van der Waals surface area contributed by atoms with Gasteiger partial charge in [0, 0.05) is 43.9 Å². The van der Waals surface area contributed by atoms with Gasteiger partial charge in [-0.3, -0.25) is 0 Å². The summed E-state index contributed by atoms with van der Waals surface area (Å²) in [5.74, 6) is 2.07. The monoisotopic (exact) mass is 448 g/mol. The Morgan fingerprint density at radius 2 is 2.03 bits per heavy atom. The van der Waals surface area contributed by atoms with E-state index < -0.39 is 0 Å². The normalized spacial score (nSPS) is 18.2. The molecule has 1 unspecified atom stereocenters. The van der Waals surface area contributed by atoms with Crippen molar-refractivity contribution in [2.75, 3.05) is 32.6 Å². The first-order valence-corrected chi connectivity index (χ1v) is 12.2. The third-order valence-electron chi connectivity index (χ3n) is 7.60. The van der Waals surface area contributed by atoms with Crippen LogP contribution in [0.2, 0.25) is 0 Å². The molecule has 0 bridgehead atoms. The number of hydrogen-bond donors (Lipinski definition) is 3. The number of benzene rings is 2. The van der Waals surface area contributed by atoms with Crippen molar-refractivity contribution in [3.8, 4) is 5.75 Å². The van der Waals surface area contributed by atoms with Crippen molar-refractivity contribution in [1.29, 1.82) is 0 Å². The predicted octanol–water partition coefficient (Wildman–Crippen LogP) is 4.11. The average molecular weight is 449 g/mol. The van der Waals surface area contributed by atoms with E-state index in [1.165, 1.54) is 35.3 Å². The average Bonchev–Trinajstić information content (AvgIpc) is 3.12. The second kappa shape index (κ2) is 8.99. The van der Waals surface area contributed by atoms with Crippen LogP contribution in [-0.2, 0) is 19.3 Å². The van der Waals surface area contributed by atoms with Crippen LogP contribution in [0.1, 0.15) is 49.2 Å². The van der Waals surface area contributed by atoms with E-state index in [0.717, 1.165) is 55.7 Å². The van der Waals surface area contributed by atoms with Gasteiger partial charge in [-0.1, -0.05) is 12.1 Å². The molecular formula is C27H36N4O2. The lowest BCUT2D eigenvalue weighted by molar-refractivity contribution is 0.00810. The van der Waals surface area contributed by atoms with E-state index in [1.807, 2.05) is 20.0 Å². The van der Waals surface area contributed by atoms with E-state index in [4.69, 9.17) is 9.72 Å². The molecule has 3 aromatic rings. The lowest BCUT2D eigenvalue weighted by Crippen LogP contribution is -2.60. The van der Waals surface area contributed by atoms with Gasteiger partial charge in [0.2, 0.25) is 0 Å². The Hall–Kier alpha value is -2.57. The highest BCUT2D eigenvalue weighted by atomic mass is 16.5. The summed E-state index contributed by atoms with van der Waals surface area (Å²) in [5, 5.41) is 16.7. The number of aromatic nitrogens is 2. The summed E-state index contributed by atoms with van der Waals surface area (Å²) in [5.41, 5.74) is 6.44. The Morgan fingerprint density at radius 3 is 2.70 bits per heavy atom. The molecule has 3 N–H and O–H groups in total. The summed E-state index contributed by atoms with van der Waals surface area (Å²) in [7, 11) is 3.68. The molecule has 6 nitrogen and oxygen atoms in total. The van der Waals surface area contributed by atoms with Crippen LogP contribution in [0.3, 0.4) is 0 Å². The molecule has 33 heavy (non-hydrogen) atoms. The molecular weight excluding hydrogens is 412 g/mol. The number of anilines is 1. The molecule has 1 aliphatic heterocycles. The van der Waals surface area contributed by atoms with E-state index in [-0.39, 0.29) is 6.10 Å². The van der Waals surface area contributed by atoms with Crippen LogP contribution < -0.4 is 15.4 Å². The van der Waals surface area contributed by atoms with Crippen LogP contribution in [0.25, 0.3) is 11.0 Å². The molecule has 5 rings (SSSR count). The van der Waals surface area contributed by atoms with E-state index >= 15 is 0 Å². The minimum Gasteiger partial charge on any atom is -0.497 e. The zero-order valence-electron chi connectivity index (χ0n) is 20.0. The lowest BCUT2D eigenvalue weighted by Gasteiger charge is -2.55. The number of aryl methyl sites for hydroxylation is 3. The van der Waals surface area contributed by atoms with Gasteiger partial charge in [-0.2, -0.15) is 0 Å². The number of hydrogen-bond acceptors (Lipinski definition) is 5. The standard InChI is InChI=1S/C27H36N4O2/c1-18(32)7-9-22-23(28-2)10-11-24-26(22)30-25(12-8-19-5-4-6-21(13-19)33-3)31(24)20-14-27(15-20)16-29-17-27/h4-6,10-11,13,18,20,28-29,32H,7-9,12,14-17H2,1-3H3. The number of aliphatic hydroxyl groups is 1. The van der Waals surface area contributed by atoms with Crippen LogP contribution in [0.15, 0.2) is 36.4 Å². The minimum atomic E-state index is -0.322. The third kappa shape index (κ3) is 4.22. The zero-order chi connectivity index (χ0) is 23.0. The first-order chi connectivity index (χ1) is 16.0. The molecule has 0 radical (unpaired) electrons. The summed E-state index contributed by atoms with van der Waals surface area (Å²) in [4.78, 5) is 5.25. The fourth-order valence-corrected chi connectivity index (χ4v) is 5.66. The van der Waals surface area contributed by atoms with Gasteiger partial charge in [-0.15, -0.1) is 0 Å². The maximum atomic E-state index is 9.93. The van der Waals surface area contributed by atoms with Gasteiger partial charge in [0.05, 0.1) is 24.2 Å². The predicted molar refractivity (Wildman–Crippen MR) is 133 cm³/mol. The van der Waals surface area contributed by atoms with Crippen molar-refractivity contribution in [2.45, 2.75) is 57.6 Å². The van der Waals surface area contributed by atoms with Gasteiger partial charge < -0.3 is 25.0 Å². The SMILES string of the molecule is CNc1ccc2c(nc(CCc3cccc(OC)c3)n2C2CC3(CNC3)C2)c1CCC(C)O. The fourth-order valence-electron chi connectivity index (χ4n) is 5.66. The molecule has 1 saturated carbocycles. The van der Waals surface area contributed by atoms with E-state index in [1.54, 1.807) is 7.11 Å². The molecule has 1 spiro atoms. The second-order valence-electron chi connectivity index (χ2n) is 10.0. The molecule has 2 heterocycles. The van der Waals surface area contributed by atoms with Gasteiger partial charge in [-0.05, 0) is 74.3 Å². The van der Waals surface area contributed by atoms with Crippen LogP contribution >= 0.6 is 0 Å². The number of ether oxygens (including phenoxy) is 1. The van der Waals surface area contributed by atoms with Crippen LogP contribution in [0.5, 0.6) is 5.75 Å². The van der Waals surface area contributed by atoms with Gasteiger partial charge >= 0.3 is 0 Å². The van der Waals surface area contributed by atoms with Crippen molar-refractivity contribution in [1.82, 2.24) is 14.9 Å². The van der Waals surface area contributed by atoms with Crippen LogP contribution in [0.4, 0.5) is 5.69 Å². The Kier molecular flexibility index (Phi) is 6.06. The van der Waals surface area contributed by atoms with Gasteiger partial charge in [-0.25, -0.2) is 4.98 Å². The molecule has 176 valence electrons. The largest absolute Gasteiger partial charge is 0.497 e. The number of fused-ring (bicyclic) bond motifs is 1. The second-order valence-corrected chi connectivity index (χ2v) is 10.0. The maximum absolute atomic E-state index is 9.93. The number of rotatable bonds is 9. The molecule has 2 fully saturated rings. The lowest BCUT2D eigenvalue weighted by atomic mass is 9.61. The molecule has 2 aliphatic rings. The molecule has 1 aromatic heterocycles. The Balaban J connectivity index is 1.51. The van der Waals surface area contributed by atoms with Crippen LogP contribution in [-0.4, -0.2) is 48.0 Å². The molecule has 2 aromatic carbocycles. The number of imidazole rings is 1. The fraction of sp³-hybridized carbons (Fsp3) is 0.519. The highest BCUT2D eigenvalue weighted by Crippen LogP contribution is 2.52. The van der Waals surface area contributed by atoms with Crippen molar-refractivity contribution < 1.29 is 9.84 Å². The summed E-state index contributed by atoms with van der Waals surface area (Å²) >= 11 is 0. The molecule has 6 heteroatoms. The Morgan fingerprint density at radius 1 is 1.21 bits per heavy atom. The maximum Gasteiger partial charge on any atom is 0.119 e. The number of nitrogens with zero attached hydrogens (tertiary/aromatic N) is 2. The van der Waals surface area contributed by atoms with Gasteiger partial charge in [0.1, 0.15) is 11.6 Å². The summed E-state index contributed by atoms with van der Waals surface area (Å²) in [6.07, 6.45) is 5.52. The molecule has 1 atom stereocenters. The number of methoxy groups -OCH3 is 1. The van der Waals surface area contributed by atoms with Crippen molar-refractivity contribution in [2.24, 2.45) is 5.41 Å². The molecule has 0 amide bonds. The summed E-state index contributed by atoms with van der Waals surface area (Å²) < 4.78 is 7.95. The van der Waals surface area contributed by atoms with Crippen LogP contribution in [0, 0.1) is 5.41 Å².